The van der Waals surface area contributed by atoms with Crippen molar-refractivity contribution in [3.63, 3.8) is 0 Å². The molecule has 0 saturated carbocycles. The Morgan fingerprint density at radius 3 is 1.38 bits per heavy atom. The second-order valence-electron chi connectivity index (χ2n) is 5.66. The topological polar surface area (TPSA) is 74.3 Å². The Balaban J connectivity index is 3.17. The molecule has 0 aliphatic rings. The fourth-order valence-electron chi connectivity index (χ4n) is 1.63. The quantitative estimate of drug-likeness (QED) is 0.342. The number of Topliss-reactive ketones (excluding diaryl/α,β-unsaturated/α-hetero) is 2. The van der Waals surface area contributed by atoms with E-state index in [1.807, 2.05) is 7.05 Å². The van der Waals surface area contributed by atoms with Gasteiger partial charge in [-0.05, 0) is 20.9 Å². The van der Waals surface area contributed by atoms with Crippen LogP contribution in [0.15, 0.2) is 0 Å². The summed E-state index contributed by atoms with van der Waals surface area (Å²) in [6, 6.07) is 0. The van der Waals surface area contributed by atoms with Gasteiger partial charge in [-0.1, -0.05) is 0 Å². The molecule has 0 atom stereocenters. The summed E-state index contributed by atoms with van der Waals surface area (Å²) in [5, 5.41) is 0. The number of likely N-dealkylation sites (N-methyl/N-ethyl adjacent to an activating group) is 1. The van der Waals surface area contributed by atoms with Crippen molar-refractivity contribution < 1.29 is 28.5 Å². The normalized spacial score (nSPS) is 11.2. The standard InChI is InChI=1S/C17H33NO6/c1-16(19)4-8-21-10-6-18(3)7-11-23-13-15-24-14-12-22-9-5-17(2)20/h4-15H2,1-3H3. The van der Waals surface area contributed by atoms with Crippen LogP contribution in [0, 0.1) is 0 Å². The lowest BCUT2D eigenvalue weighted by molar-refractivity contribution is -0.119. The highest BCUT2D eigenvalue weighted by atomic mass is 16.5. The van der Waals surface area contributed by atoms with E-state index in [9.17, 15) is 9.59 Å². The van der Waals surface area contributed by atoms with E-state index in [1.165, 1.54) is 0 Å². The van der Waals surface area contributed by atoms with Crippen LogP contribution in [0.1, 0.15) is 26.7 Å². The van der Waals surface area contributed by atoms with Crippen molar-refractivity contribution >= 4 is 11.6 Å². The highest BCUT2D eigenvalue weighted by Gasteiger charge is 2.00. The van der Waals surface area contributed by atoms with Crippen molar-refractivity contribution in [3.8, 4) is 0 Å². The van der Waals surface area contributed by atoms with E-state index in [4.69, 9.17) is 18.9 Å². The minimum atomic E-state index is 0.136. The summed E-state index contributed by atoms with van der Waals surface area (Å²) >= 11 is 0. The average molecular weight is 347 g/mol. The minimum Gasteiger partial charge on any atom is -0.380 e. The Bertz CT molecular complexity index is 324. The zero-order valence-electron chi connectivity index (χ0n) is 15.4. The fraction of sp³-hybridized carbons (Fsp3) is 0.882. The lowest BCUT2D eigenvalue weighted by Gasteiger charge is -2.16. The first kappa shape index (κ1) is 23.1. The summed E-state index contributed by atoms with van der Waals surface area (Å²) in [6.45, 7) is 9.07. The lowest BCUT2D eigenvalue weighted by Crippen LogP contribution is -2.27. The van der Waals surface area contributed by atoms with Crippen LogP contribution in [0.2, 0.25) is 0 Å². The zero-order valence-corrected chi connectivity index (χ0v) is 15.4. The number of carbonyl (C=O) groups excluding carboxylic acids is 2. The Hall–Kier alpha value is -0.860. The first-order valence-electron chi connectivity index (χ1n) is 8.50. The monoisotopic (exact) mass is 347 g/mol. The van der Waals surface area contributed by atoms with Crippen molar-refractivity contribution in [1.82, 2.24) is 4.90 Å². The molecule has 142 valence electrons. The average Bonchev–Trinajstić information content (AvgIpc) is 2.51. The molecule has 0 spiro atoms. The number of nitrogens with zero attached hydrogens (tertiary/aromatic N) is 1. The van der Waals surface area contributed by atoms with Gasteiger partial charge in [0.15, 0.2) is 0 Å². The predicted octanol–water partition coefficient (Wildman–Crippen LogP) is 0.943. The Labute approximate surface area is 145 Å². The molecular weight excluding hydrogens is 314 g/mol. The molecule has 0 bridgehead atoms. The van der Waals surface area contributed by atoms with Gasteiger partial charge >= 0.3 is 0 Å². The van der Waals surface area contributed by atoms with Crippen molar-refractivity contribution in [2.24, 2.45) is 0 Å². The second-order valence-corrected chi connectivity index (χ2v) is 5.66. The third-order valence-corrected chi connectivity index (χ3v) is 3.18. The Kier molecular flexibility index (Phi) is 16.4. The lowest BCUT2D eigenvalue weighted by atomic mass is 10.3. The van der Waals surface area contributed by atoms with E-state index in [0.717, 1.165) is 13.1 Å². The summed E-state index contributed by atoms with van der Waals surface area (Å²) in [5.74, 6) is 0.290. The first-order chi connectivity index (χ1) is 11.5. The SMILES string of the molecule is CC(=O)CCOCCOCCOCCN(C)CCOCCC(C)=O. The largest absolute Gasteiger partial charge is 0.380 e. The van der Waals surface area contributed by atoms with Crippen LogP contribution in [0.5, 0.6) is 0 Å². The van der Waals surface area contributed by atoms with Crippen molar-refractivity contribution in [3.05, 3.63) is 0 Å². The van der Waals surface area contributed by atoms with Crippen LogP contribution >= 0.6 is 0 Å². The molecule has 0 N–H and O–H groups in total. The molecule has 0 aromatic heterocycles. The molecular formula is C17H33NO6. The molecule has 0 aromatic rings. The van der Waals surface area contributed by atoms with Crippen molar-refractivity contribution in [1.29, 1.82) is 0 Å². The van der Waals surface area contributed by atoms with E-state index in [-0.39, 0.29) is 11.6 Å². The maximum atomic E-state index is 10.7. The van der Waals surface area contributed by atoms with Gasteiger partial charge in [-0.2, -0.15) is 0 Å². The van der Waals surface area contributed by atoms with Gasteiger partial charge < -0.3 is 23.8 Å². The van der Waals surface area contributed by atoms with Gasteiger partial charge in [-0.25, -0.2) is 0 Å². The number of ether oxygens (including phenoxy) is 4. The van der Waals surface area contributed by atoms with Crippen LogP contribution in [0.3, 0.4) is 0 Å². The summed E-state index contributed by atoms with van der Waals surface area (Å²) in [5.41, 5.74) is 0. The predicted molar refractivity (Wildman–Crippen MR) is 91.4 cm³/mol. The number of carbonyl (C=O) groups is 2. The molecule has 7 nitrogen and oxygen atoms in total. The summed E-state index contributed by atoms with van der Waals surface area (Å²) in [4.78, 5) is 23.6. The van der Waals surface area contributed by atoms with Gasteiger partial charge in [0.25, 0.3) is 0 Å². The smallest absolute Gasteiger partial charge is 0.132 e. The molecule has 0 fully saturated rings. The van der Waals surface area contributed by atoms with Gasteiger partial charge in [0.1, 0.15) is 11.6 Å². The van der Waals surface area contributed by atoms with Crippen LogP contribution in [-0.4, -0.2) is 89.5 Å². The van der Waals surface area contributed by atoms with E-state index in [0.29, 0.717) is 65.7 Å². The van der Waals surface area contributed by atoms with Crippen molar-refractivity contribution in [2.75, 3.05) is 73.0 Å². The van der Waals surface area contributed by atoms with Gasteiger partial charge in [-0.3, -0.25) is 9.59 Å². The van der Waals surface area contributed by atoms with Crippen LogP contribution < -0.4 is 0 Å². The van der Waals surface area contributed by atoms with E-state index in [1.54, 1.807) is 13.8 Å². The molecule has 0 rings (SSSR count). The number of hydrogen-bond donors (Lipinski definition) is 0. The van der Waals surface area contributed by atoms with Crippen LogP contribution in [0.4, 0.5) is 0 Å². The summed E-state index contributed by atoms with van der Waals surface area (Å²) in [7, 11) is 2.01. The fourth-order valence-corrected chi connectivity index (χ4v) is 1.63. The molecule has 0 radical (unpaired) electrons. The molecule has 0 aliphatic carbocycles. The van der Waals surface area contributed by atoms with E-state index in [2.05, 4.69) is 4.90 Å². The Morgan fingerprint density at radius 1 is 0.625 bits per heavy atom. The Morgan fingerprint density at radius 2 is 0.958 bits per heavy atom. The van der Waals surface area contributed by atoms with E-state index < -0.39 is 0 Å². The van der Waals surface area contributed by atoms with Gasteiger partial charge in [0, 0.05) is 25.9 Å². The van der Waals surface area contributed by atoms with Crippen LogP contribution in [0.25, 0.3) is 0 Å². The first-order valence-corrected chi connectivity index (χ1v) is 8.50. The molecule has 0 saturated heterocycles. The number of rotatable bonds is 18. The highest BCUT2D eigenvalue weighted by molar-refractivity contribution is 5.75. The third-order valence-electron chi connectivity index (χ3n) is 3.18. The molecule has 0 unspecified atom stereocenters. The maximum Gasteiger partial charge on any atom is 0.132 e. The number of ketones is 2. The third kappa shape index (κ3) is 19.2. The van der Waals surface area contributed by atoms with Crippen molar-refractivity contribution in [2.45, 2.75) is 26.7 Å². The highest BCUT2D eigenvalue weighted by Crippen LogP contribution is 1.89. The number of hydrogen-bond acceptors (Lipinski definition) is 7. The summed E-state index contributed by atoms with van der Waals surface area (Å²) in [6.07, 6.45) is 0.937. The molecule has 7 heteroatoms. The zero-order chi connectivity index (χ0) is 18.0. The molecule has 0 aliphatic heterocycles. The second kappa shape index (κ2) is 17.0. The molecule has 0 heterocycles. The van der Waals surface area contributed by atoms with E-state index >= 15 is 0 Å². The molecule has 0 aromatic carbocycles. The van der Waals surface area contributed by atoms with Gasteiger partial charge in [0.05, 0.1) is 52.9 Å². The summed E-state index contributed by atoms with van der Waals surface area (Å²) < 4.78 is 21.5. The molecule has 0 amide bonds. The molecule has 24 heavy (non-hydrogen) atoms. The van der Waals surface area contributed by atoms with Gasteiger partial charge in [-0.15, -0.1) is 0 Å². The van der Waals surface area contributed by atoms with Crippen LogP contribution in [-0.2, 0) is 28.5 Å². The minimum absolute atomic E-state index is 0.136. The van der Waals surface area contributed by atoms with Gasteiger partial charge in [0.2, 0.25) is 0 Å². The maximum absolute atomic E-state index is 10.7.